The highest BCUT2D eigenvalue weighted by Crippen LogP contribution is 2.42. The minimum atomic E-state index is -0.464. The summed E-state index contributed by atoms with van der Waals surface area (Å²) in [6.45, 7) is 10.9. The Morgan fingerprint density at radius 3 is 2.44 bits per heavy atom. The van der Waals surface area contributed by atoms with E-state index in [1.165, 1.54) is 0 Å². The van der Waals surface area contributed by atoms with Crippen LogP contribution in [-0.4, -0.2) is 59.5 Å². The number of benzene rings is 1. The third-order valence-electron chi connectivity index (χ3n) is 5.75. The molecule has 0 bridgehead atoms. The SMILES string of the molecule is C[C@H]1C[C@@]2(CCN(CC(=O)c3ccccc3)C2)CCN1C(=O)OC(C)(C)C. The Morgan fingerprint density at radius 2 is 1.81 bits per heavy atom. The van der Waals surface area contributed by atoms with Crippen LogP contribution in [0.15, 0.2) is 30.3 Å². The number of amides is 1. The summed E-state index contributed by atoms with van der Waals surface area (Å²) < 4.78 is 5.55. The van der Waals surface area contributed by atoms with Crippen LogP contribution in [0, 0.1) is 5.41 Å². The van der Waals surface area contributed by atoms with E-state index in [9.17, 15) is 9.59 Å². The minimum Gasteiger partial charge on any atom is -0.444 e. The van der Waals surface area contributed by atoms with Gasteiger partial charge < -0.3 is 9.64 Å². The highest BCUT2D eigenvalue weighted by molar-refractivity contribution is 5.97. The van der Waals surface area contributed by atoms with Gasteiger partial charge >= 0.3 is 6.09 Å². The number of Topliss-reactive ketones (excluding diaryl/α,β-unsaturated/α-hetero) is 1. The molecule has 0 N–H and O–H groups in total. The zero-order valence-corrected chi connectivity index (χ0v) is 17.0. The summed E-state index contributed by atoms with van der Waals surface area (Å²) in [7, 11) is 0. The summed E-state index contributed by atoms with van der Waals surface area (Å²) in [5, 5.41) is 0. The van der Waals surface area contributed by atoms with Gasteiger partial charge in [0.15, 0.2) is 5.78 Å². The molecule has 0 aromatic heterocycles. The van der Waals surface area contributed by atoms with Crippen molar-refractivity contribution in [3.05, 3.63) is 35.9 Å². The van der Waals surface area contributed by atoms with Crippen molar-refractivity contribution in [3.63, 3.8) is 0 Å². The van der Waals surface area contributed by atoms with Crippen LogP contribution in [-0.2, 0) is 4.74 Å². The fourth-order valence-corrected chi connectivity index (χ4v) is 4.46. The van der Waals surface area contributed by atoms with Crippen LogP contribution in [0.4, 0.5) is 4.79 Å². The first-order valence-electron chi connectivity index (χ1n) is 9.98. The average molecular weight is 373 g/mol. The highest BCUT2D eigenvalue weighted by atomic mass is 16.6. The number of hydrogen-bond donors (Lipinski definition) is 0. The molecule has 0 saturated carbocycles. The number of likely N-dealkylation sites (tertiary alicyclic amines) is 2. The Morgan fingerprint density at radius 1 is 1.15 bits per heavy atom. The lowest BCUT2D eigenvalue weighted by molar-refractivity contribution is -0.00376. The van der Waals surface area contributed by atoms with Crippen molar-refractivity contribution in [3.8, 4) is 0 Å². The Bertz CT molecular complexity index is 683. The van der Waals surface area contributed by atoms with Crippen LogP contribution < -0.4 is 0 Å². The van der Waals surface area contributed by atoms with Gasteiger partial charge in [0.05, 0.1) is 6.54 Å². The standard InChI is InChI=1S/C22H32N2O3/c1-17-14-22(11-13-24(17)20(26)27-21(2,3)4)10-12-23(16-22)15-19(25)18-8-6-5-7-9-18/h5-9,17H,10-16H2,1-4H3/t17-,22+/m0/s1. The summed E-state index contributed by atoms with van der Waals surface area (Å²) >= 11 is 0. The maximum atomic E-state index is 12.5. The Hall–Kier alpha value is -1.88. The van der Waals surface area contributed by atoms with E-state index in [1.54, 1.807) is 0 Å². The quantitative estimate of drug-likeness (QED) is 0.753. The fourth-order valence-electron chi connectivity index (χ4n) is 4.46. The molecule has 5 nitrogen and oxygen atoms in total. The maximum absolute atomic E-state index is 12.5. The van der Waals surface area contributed by atoms with Crippen LogP contribution >= 0.6 is 0 Å². The third-order valence-corrected chi connectivity index (χ3v) is 5.75. The van der Waals surface area contributed by atoms with Crippen molar-refractivity contribution in [2.75, 3.05) is 26.2 Å². The molecule has 0 aliphatic carbocycles. The van der Waals surface area contributed by atoms with E-state index >= 15 is 0 Å². The molecule has 148 valence electrons. The number of ketones is 1. The Labute approximate surface area is 162 Å². The van der Waals surface area contributed by atoms with E-state index in [0.717, 1.165) is 44.5 Å². The predicted molar refractivity (Wildman–Crippen MR) is 106 cm³/mol. The van der Waals surface area contributed by atoms with Crippen LogP contribution in [0.3, 0.4) is 0 Å². The van der Waals surface area contributed by atoms with Crippen molar-refractivity contribution in [1.82, 2.24) is 9.80 Å². The van der Waals surface area contributed by atoms with Gasteiger partial charge in [-0.25, -0.2) is 4.79 Å². The van der Waals surface area contributed by atoms with Gasteiger partial charge in [-0.1, -0.05) is 30.3 Å². The van der Waals surface area contributed by atoms with E-state index in [0.29, 0.717) is 6.54 Å². The van der Waals surface area contributed by atoms with Crippen molar-refractivity contribution in [2.24, 2.45) is 5.41 Å². The lowest BCUT2D eigenvalue weighted by Gasteiger charge is -2.44. The van der Waals surface area contributed by atoms with E-state index in [2.05, 4.69) is 11.8 Å². The second-order valence-electron chi connectivity index (χ2n) is 9.23. The number of piperidine rings is 1. The molecular formula is C22H32N2O3. The molecule has 1 aromatic rings. The lowest BCUT2D eigenvalue weighted by atomic mass is 9.75. The van der Waals surface area contributed by atoms with Gasteiger partial charge in [-0.3, -0.25) is 9.69 Å². The zero-order chi connectivity index (χ0) is 19.7. The molecule has 0 radical (unpaired) electrons. The van der Waals surface area contributed by atoms with Gasteiger partial charge in [0, 0.05) is 24.7 Å². The largest absolute Gasteiger partial charge is 0.444 e. The molecule has 1 amide bonds. The van der Waals surface area contributed by atoms with Crippen molar-refractivity contribution in [1.29, 1.82) is 0 Å². The van der Waals surface area contributed by atoms with E-state index < -0.39 is 5.60 Å². The third kappa shape index (κ3) is 4.89. The summed E-state index contributed by atoms with van der Waals surface area (Å²) in [6.07, 6.45) is 2.84. The molecule has 1 aromatic carbocycles. The topological polar surface area (TPSA) is 49.9 Å². The maximum Gasteiger partial charge on any atom is 0.410 e. The molecule has 27 heavy (non-hydrogen) atoms. The average Bonchev–Trinajstić information content (AvgIpc) is 2.96. The molecule has 2 saturated heterocycles. The first-order valence-corrected chi connectivity index (χ1v) is 9.98. The smallest absolute Gasteiger partial charge is 0.410 e. The summed E-state index contributed by atoms with van der Waals surface area (Å²) in [4.78, 5) is 29.1. The molecule has 2 aliphatic rings. The Balaban J connectivity index is 1.55. The molecule has 2 heterocycles. The molecule has 2 atom stereocenters. The number of ether oxygens (including phenoxy) is 1. The fraction of sp³-hybridized carbons (Fsp3) is 0.636. The molecule has 3 rings (SSSR count). The molecule has 2 aliphatic heterocycles. The molecule has 1 spiro atoms. The predicted octanol–water partition coefficient (Wildman–Crippen LogP) is 3.98. The molecular weight excluding hydrogens is 340 g/mol. The van der Waals surface area contributed by atoms with Gasteiger partial charge in [-0.05, 0) is 58.9 Å². The second-order valence-corrected chi connectivity index (χ2v) is 9.23. The molecule has 2 fully saturated rings. The number of hydrogen-bond acceptors (Lipinski definition) is 4. The van der Waals surface area contributed by atoms with Gasteiger partial charge in [0.1, 0.15) is 5.60 Å². The van der Waals surface area contributed by atoms with Gasteiger partial charge in [0.25, 0.3) is 0 Å². The normalized spacial score (nSPS) is 26.4. The van der Waals surface area contributed by atoms with Gasteiger partial charge in [0.2, 0.25) is 0 Å². The Kier molecular flexibility index (Phi) is 5.61. The molecule has 0 unspecified atom stereocenters. The van der Waals surface area contributed by atoms with Crippen molar-refractivity contribution >= 4 is 11.9 Å². The minimum absolute atomic E-state index is 0.165. The summed E-state index contributed by atoms with van der Waals surface area (Å²) in [5.74, 6) is 0.187. The monoisotopic (exact) mass is 372 g/mol. The van der Waals surface area contributed by atoms with Gasteiger partial charge in [-0.15, -0.1) is 0 Å². The van der Waals surface area contributed by atoms with E-state index in [-0.39, 0.29) is 23.3 Å². The van der Waals surface area contributed by atoms with E-state index in [1.807, 2.05) is 56.0 Å². The first kappa shape index (κ1) is 19.9. The van der Waals surface area contributed by atoms with Crippen LogP contribution in [0.1, 0.15) is 57.3 Å². The molecule has 5 heteroatoms. The number of nitrogens with zero attached hydrogens (tertiary/aromatic N) is 2. The van der Waals surface area contributed by atoms with Crippen molar-refractivity contribution in [2.45, 2.75) is 58.6 Å². The first-order chi connectivity index (χ1) is 12.7. The van der Waals surface area contributed by atoms with Crippen LogP contribution in [0.25, 0.3) is 0 Å². The summed E-state index contributed by atoms with van der Waals surface area (Å²) in [5.41, 5.74) is 0.537. The number of rotatable bonds is 3. The second kappa shape index (κ2) is 7.63. The van der Waals surface area contributed by atoms with E-state index in [4.69, 9.17) is 4.74 Å². The highest BCUT2D eigenvalue weighted by Gasteiger charge is 2.45. The van der Waals surface area contributed by atoms with Crippen LogP contribution in [0.2, 0.25) is 0 Å². The number of carbonyl (C=O) groups excluding carboxylic acids is 2. The summed E-state index contributed by atoms with van der Waals surface area (Å²) in [6, 6.07) is 9.69. The van der Waals surface area contributed by atoms with Crippen LogP contribution in [0.5, 0.6) is 0 Å². The number of carbonyl (C=O) groups is 2. The van der Waals surface area contributed by atoms with Gasteiger partial charge in [-0.2, -0.15) is 0 Å². The zero-order valence-electron chi connectivity index (χ0n) is 17.0. The lowest BCUT2D eigenvalue weighted by Crippen LogP contribution is -2.50. The van der Waals surface area contributed by atoms with Crippen molar-refractivity contribution < 1.29 is 14.3 Å².